The number of carbonyl (C=O) groups excluding carboxylic acids is 4. The fraction of sp³-hybridized carbons (Fsp3) is 0.200. The predicted molar refractivity (Wildman–Crippen MR) is 81.5 cm³/mol. The minimum Gasteiger partial charge on any atom is -0.448 e. The van der Waals surface area contributed by atoms with E-state index in [-0.39, 0.29) is 5.70 Å². The smallest absolute Gasteiger partial charge is 0.355 e. The predicted octanol–water partition coefficient (Wildman–Crippen LogP) is 0.290. The Bertz CT molecular complexity index is 640. The molecular weight excluding hydrogens is 302 g/mol. The molecule has 4 amide bonds. The van der Waals surface area contributed by atoms with Crippen LogP contribution in [0, 0.1) is 0 Å². The summed E-state index contributed by atoms with van der Waals surface area (Å²) < 4.78 is 4.91. The highest BCUT2D eigenvalue weighted by atomic mass is 16.5. The molecule has 1 rings (SSSR count). The molecule has 0 aromatic heterocycles. The lowest BCUT2D eigenvalue weighted by Gasteiger charge is -2.14. The van der Waals surface area contributed by atoms with Crippen LogP contribution < -0.4 is 16.4 Å². The maximum Gasteiger partial charge on any atom is 0.355 e. The number of benzene rings is 1. The van der Waals surface area contributed by atoms with Crippen molar-refractivity contribution in [1.82, 2.24) is 10.6 Å². The molecule has 1 aromatic carbocycles. The second-order valence-corrected chi connectivity index (χ2v) is 4.55. The maximum atomic E-state index is 12.1. The summed E-state index contributed by atoms with van der Waals surface area (Å²) in [5, 5.41) is 4.13. The Morgan fingerprint density at radius 3 is 2.26 bits per heavy atom. The molecule has 0 aliphatic carbocycles. The standard InChI is InChI=1S/C15H17N3O5/c1-9(13(20)18-15(16)22)23-14(21)12(17-10(2)19)8-11-6-4-3-5-7-11/h3-9H,1-2H3,(H,17,19)(H3,16,18,20,22)/b12-8-/t9-/m0/s1. The first kappa shape index (κ1) is 17.9. The van der Waals surface area contributed by atoms with Gasteiger partial charge in [0.1, 0.15) is 5.70 Å². The molecule has 8 nitrogen and oxygen atoms in total. The zero-order valence-electron chi connectivity index (χ0n) is 12.7. The molecule has 1 aromatic rings. The number of imide groups is 1. The van der Waals surface area contributed by atoms with E-state index < -0.39 is 29.9 Å². The van der Waals surface area contributed by atoms with Gasteiger partial charge in [-0.1, -0.05) is 30.3 Å². The summed E-state index contributed by atoms with van der Waals surface area (Å²) in [6, 6.07) is 7.69. The minimum atomic E-state index is -1.26. The number of carbonyl (C=O) groups is 4. The molecule has 23 heavy (non-hydrogen) atoms. The summed E-state index contributed by atoms with van der Waals surface area (Å²) in [5.41, 5.74) is 5.33. The fourth-order valence-corrected chi connectivity index (χ4v) is 1.55. The van der Waals surface area contributed by atoms with Gasteiger partial charge in [-0.15, -0.1) is 0 Å². The number of amides is 4. The zero-order chi connectivity index (χ0) is 17.4. The Morgan fingerprint density at radius 2 is 1.74 bits per heavy atom. The molecular formula is C15H17N3O5. The molecule has 0 saturated carbocycles. The summed E-state index contributed by atoms with van der Waals surface area (Å²) >= 11 is 0. The molecule has 0 aliphatic rings. The molecule has 0 radical (unpaired) electrons. The van der Waals surface area contributed by atoms with Crippen LogP contribution in [0.3, 0.4) is 0 Å². The molecule has 0 bridgehead atoms. The van der Waals surface area contributed by atoms with Crippen LogP contribution in [0.1, 0.15) is 19.4 Å². The Balaban J connectivity index is 2.88. The zero-order valence-corrected chi connectivity index (χ0v) is 12.7. The van der Waals surface area contributed by atoms with E-state index in [1.807, 2.05) is 0 Å². The fourth-order valence-electron chi connectivity index (χ4n) is 1.55. The van der Waals surface area contributed by atoms with Crippen LogP contribution in [-0.2, 0) is 19.1 Å². The first-order chi connectivity index (χ1) is 10.8. The number of ether oxygens (including phenoxy) is 1. The molecule has 0 saturated heterocycles. The number of esters is 1. The highest BCUT2D eigenvalue weighted by Gasteiger charge is 2.22. The first-order valence-corrected chi connectivity index (χ1v) is 6.65. The molecule has 0 spiro atoms. The average Bonchev–Trinajstić information content (AvgIpc) is 2.46. The van der Waals surface area contributed by atoms with Crippen LogP contribution in [0.2, 0.25) is 0 Å². The van der Waals surface area contributed by atoms with Crippen molar-refractivity contribution in [2.75, 3.05) is 0 Å². The van der Waals surface area contributed by atoms with E-state index in [0.717, 1.165) is 0 Å². The van der Waals surface area contributed by atoms with Crippen molar-refractivity contribution < 1.29 is 23.9 Å². The van der Waals surface area contributed by atoms with Crippen LogP contribution in [0.5, 0.6) is 0 Å². The normalized spacial score (nSPS) is 12.0. The second-order valence-electron chi connectivity index (χ2n) is 4.55. The third-order valence-electron chi connectivity index (χ3n) is 2.54. The third-order valence-corrected chi connectivity index (χ3v) is 2.54. The monoisotopic (exact) mass is 319 g/mol. The van der Waals surface area contributed by atoms with E-state index >= 15 is 0 Å². The van der Waals surface area contributed by atoms with Crippen molar-refractivity contribution in [2.24, 2.45) is 5.73 Å². The van der Waals surface area contributed by atoms with E-state index in [0.29, 0.717) is 5.56 Å². The lowest BCUT2D eigenvalue weighted by atomic mass is 10.2. The van der Waals surface area contributed by atoms with E-state index in [1.165, 1.54) is 19.9 Å². The van der Waals surface area contributed by atoms with Gasteiger partial charge in [0.05, 0.1) is 0 Å². The van der Waals surface area contributed by atoms with Crippen LogP contribution in [0.4, 0.5) is 4.79 Å². The van der Waals surface area contributed by atoms with Crippen molar-refractivity contribution in [3.05, 3.63) is 41.6 Å². The molecule has 1 atom stereocenters. The number of urea groups is 1. The van der Waals surface area contributed by atoms with E-state index in [4.69, 9.17) is 10.5 Å². The average molecular weight is 319 g/mol. The van der Waals surface area contributed by atoms with Gasteiger partial charge in [0.2, 0.25) is 5.91 Å². The molecule has 0 aliphatic heterocycles. The number of hydrogen-bond donors (Lipinski definition) is 3. The lowest BCUT2D eigenvalue weighted by Crippen LogP contribution is -2.42. The third kappa shape index (κ3) is 6.42. The summed E-state index contributed by atoms with van der Waals surface area (Å²) in [7, 11) is 0. The van der Waals surface area contributed by atoms with Crippen molar-refractivity contribution in [3.63, 3.8) is 0 Å². The molecule has 4 N–H and O–H groups in total. The Morgan fingerprint density at radius 1 is 1.13 bits per heavy atom. The Hall–Kier alpha value is -3.16. The summed E-state index contributed by atoms with van der Waals surface area (Å²) in [5.74, 6) is -2.26. The van der Waals surface area contributed by atoms with Crippen molar-refractivity contribution >= 4 is 29.9 Å². The van der Waals surface area contributed by atoms with Gasteiger partial charge in [-0.25, -0.2) is 9.59 Å². The van der Waals surface area contributed by atoms with Gasteiger partial charge < -0.3 is 15.8 Å². The number of nitrogens with two attached hydrogens (primary N) is 1. The number of rotatable bonds is 5. The van der Waals surface area contributed by atoms with Gasteiger partial charge in [0.25, 0.3) is 5.91 Å². The summed E-state index contributed by atoms with van der Waals surface area (Å²) in [6.07, 6.45) is 0.144. The van der Waals surface area contributed by atoms with Crippen LogP contribution in [0.25, 0.3) is 6.08 Å². The van der Waals surface area contributed by atoms with Crippen molar-refractivity contribution in [3.8, 4) is 0 Å². The molecule has 8 heteroatoms. The molecule has 122 valence electrons. The van der Waals surface area contributed by atoms with Crippen LogP contribution in [0.15, 0.2) is 36.0 Å². The van der Waals surface area contributed by atoms with Gasteiger partial charge in [-0.3, -0.25) is 14.9 Å². The largest absolute Gasteiger partial charge is 0.448 e. The lowest BCUT2D eigenvalue weighted by molar-refractivity contribution is -0.151. The molecule has 0 unspecified atom stereocenters. The Kier molecular flexibility index (Phi) is 6.47. The topological polar surface area (TPSA) is 128 Å². The van der Waals surface area contributed by atoms with Crippen molar-refractivity contribution in [2.45, 2.75) is 20.0 Å². The van der Waals surface area contributed by atoms with Gasteiger partial charge in [0, 0.05) is 6.92 Å². The van der Waals surface area contributed by atoms with Gasteiger partial charge in [-0.05, 0) is 18.6 Å². The number of nitrogens with one attached hydrogen (secondary N) is 2. The van der Waals surface area contributed by atoms with Crippen LogP contribution >= 0.6 is 0 Å². The maximum absolute atomic E-state index is 12.1. The van der Waals surface area contributed by atoms with Crippen molar-refractivity contribution in [1.29, 1.82) is 0 Å². The first-order valence-electron chi connectivity index (χ1n) is 6.65. The quantitative estimate of drug-likeness (QED) is 0.531. The molecule has 0 heterocycles. The van der Waals surface area contributed by atoms with E-state index in [1.54, 1.807) is 35.6 Å². The highest BCUT2D eigenvalue weighted by molar-refractivity contribution is 6.00. The van der Waals surface area contributed by atoms with Gasteiger partial charge in [0.15, 0.2) is 6.10 Å². The van der Waals surface area contributed by atoms with E-state index in [9.17, 15) is 19.2 Å². The summed E-state index contributed by atoms with van der Waals surface area (Å²) in [6.45, 7) is 2.50. The van der Waals surface area contributed by atoms with Gasteiger partial charge in [-0.2, -0.15) is 0 Å². The highest BCUT2D eigenvalue weighted by Crippen LogP contribution is 2.07. The van der Waals surface area contributed by atoms with Crippen LogP contribution in [-0.4, -0.2) is 29.9 Å². The molecule has 0 fully saturated rings. The Labute approximate surface area is 132 Å². The number of hydrogen-bond acceptors (Lipinski definition) is 5. The summed E-state index contributed by atoms with van der Waals surface area (Å²) in [4.78, 5) is 45.4. The SMILES string of the molecule is CC(=O)N/C(=C\c1ccccc1)C(=O)O[C@@H](C)C(=O)NC(N)=O. The number of primary amides is 1. The minimum absolute atomic E-state index is 0.137. The van der Waals surface area contributed by atoms with E-state index in [2.05, 4.69) is 5.32 Å². The van der Waals surface area contributed by atoms with Gasteiger partial charge >= 0.3 is 12.0 Å². The second kappa shape index (κ2) is 8.32.